The van der Waals surface area contributed by atoms with Crippen LogP contribution < -0.4 is 10.6 Å². The minimum atomic E-state index is 0.573. The van der Waals surface area contributed by atoms with Crippen LogP contribution in [0.15, 0.2) is 48.8 Å². The van der Waals surface area contributed by atoms with Gasteiger partial charge in [0.25, 0.3) is 0 Å². The molecule has 0 atom stereocenters. The molecule has 0 radical (unpaired) electrons. The van der Waals surface area contributed by atoms with Crippen molar-refractivity contribution in [2.24, 2.45) is 0 Å². The van der Waals surface area contributed by atoms with Crippen molar-refractivity contribution in [1.82, 2.24) is 15.0 Å². The number of nitrogens with one attached hydrogen (secondary N) is 2. The van der Waals surface area contributed by atoms with E-state index < -0.39 is 0 Å². The van der Waals surface area contributed by atoms with Gasteiger partial charge >= 0.3 is 0 Å². The molecule has 0 saturated heterocycles. The lowest BCUT2D eigenvalue weighted by Crippen LogP contribution is -2.05. The predicted octanol–water partition coefficient (Wildman–Crippen LogP) is 4.37. The lowest BCUT2D eigenvalue weighted by atomic mass is 10.2. The number of aromatic nitrogens is 3. The Balaban J connectivity index is 1.74. The molecule has 2 aromatic heterocycles. The lowest BCUT2D eigenvalue weighted by Gasteiger charge is -2.09. The molecule has 5 heteroatoms. The Morgan fingerprint density at radius 3 is 2.78 bits per heavy atom. The zero-order valence-electron chi connectivity index (χ0n) is 13.3. The highest BCUT2D eigenvalue weighted by Crippen LogP contribution is 2.23. The van der Waals surface area contributed by atoms with Crippen molar-refractivity contribution < 1.29 is 0 Å². The summed E-state index contributed by atoms with van der Waals surface area (Å²) in [6.45, 7) is 3.13. The summed E-state index contributed by atoms with van der Waals surface area (Å²) in [5, 5.41) is 7.69. The molecule has 0 unspecified atom stereocenters. The number of unbranched alkanes of at least 4 members (excludes halogenated alkanes) is 2. The molecule has 2 heterocycles. The number of fused-ring (bicyclic) bond motifs is 1. The van der Waals surface area contributed by atoms with Crippen LogP contribution in [0.1, 0.15) is 26.2 Å². The average Bonchev–Trinajstić information content (AvgIpc) is 2.60. The number of pyridine rings is 1. The summed E-state index contributed by atoms with van der Waals surface area (Å²) < 4.78 is 0. The number of nitrogens with zero attached hydrogens (tertiary/aromatic N) is 3. The fourth-order valence-corrected chi connectivity index (χ4v) is 2.43. The lowest BCUT2D eigenvalue weighted by molar-refractivity contribution is 0.742. The van der Waals surface area contributed by atoms with E-state index >= 15 is 0 Å². The number of anilines is 3. The van der Waals surface area contributed by atoms with Crippen molar-refractivity contribution in [2.75, 3.05) is 17.2 Å². The van der Waals surface area contributed by atoms with E-state index in [0.717, 1.165) is 35.4 Å². The van der Waals surface area contributed by atoms with E-state index in [4.69, 9.17) is 0 Å². The van der Waals surface area contributed by atoms with Crippen molar-refractivity contribution in [3.8, 4) is 0 Å². The van der Waals surface area contributed by atoms with Gasteiger partial charge in [-0.25, -0.2) is 4.98 Å². The molecule has 0 fully saturated rings. The molecule has 0 aliphatic carbocycles. The first-order valence-corrected chi connectivity index (χ1v) is 8.04. The Morgan fingerprint density at radius 2 is 1.87 bits per heavy atom. The van der Waals surface area contributed by atoms with E-state index in [-0.39, 0.29) is 0 Å². The Kier molecular flexibility index (Phi) is 4.99. The number of benzene rings is 1. The van der Waals surface area contributed by atoms with Crippen LogP contribution in [0, 0.1) is 0 Å². The molecule has 0 aliphatic heterocycles. The summed E-state index contributed by atoms with van der Waals surface area (Å²) in [5.74, 6) is 1.41. The monoisotopic (exact) mass is 307 g/mol. The van der Waals surface area contributed by atoms with Crippen LogP contribution in [-0.2, 0) is 0 Å². The van der Waals surface area contributed by atoms with Crippen LogP contribution in [0.25, 0.3) is 10.9 Å². The quantitative estimate of drug-likeness (QED) is 0.635. The van der Waals surface area contributed by atoms with E-state index in [9.17, 15) is 0 Å². The molecule has 0 aliphatic rings. The van der Waals surface area contributed by atoms with Gasteiger partial charge in [0.1, 0.15) is 5.82 Å². The standard InChI is InChI=1S/C18H21N5/c1-2-3-4-11-19-16-10-13-21-18(23-16)22-15-9-5-7-14-8-6-12-20-17(14)15/h5-10,12-13H,2-4,11H2,1H3,(H2,19,21,22,23). The first-order chi connectivity index (χ1) is 11.4. The molecule has 0 bridgehead atoms. The minimum Gasteiger partial charge on any atom is -0.370 e. The van der Waals surface area contributed by atoms with E-state index in [2.05, 4.69) is 32.5 Å². The van der Waals surface area contributed by atoms with Gasteiger partial charge in [-0.2, -0.15) is 4.98 Å². The summed E-state index contributed by atoms with van der Waals surface area (Å²) in [5.41, 5.74) is 1.83. The molecule has 0 spiro atoms. The first kappa shape index (κ1) is 15.2. The fourth-order valence-electron chi connectivity index (χ4n) is 2.43. The Hall–Kier alpha value is -2.69. The number of hydrogen-bond donors (Lipinski definition) is 2. The topological polar surface area (TPSA) is 62.7 Å². The van der Waals surface area contributed by atoms with E-state index in [1.165, 1.54) is 12.8 Å². The molecular formula is C18H21N5. The second-order valence-electron chi connectivity index (χ2n) is 5.41. The zero-order valence-corrected chi connectivity index (χ0v) is 13.3. The number of hydrogen-bond acceptors (Lipinski definition) is 5. The van der Waals surface area contributed by atoms with Crippen LogP contribution in [0.3, 0.4) is 0 Å². The van der Waals surface area contributed by atoms with Crippen molar-refractivity contribution >= 4 is 28.4 Å². The zero-order chi connectivity index (χ0) is 15.9. The Morgan fingerprint density at radius 1 is 0.957 bits per heavy atom. The maximum absolute atomic E-state index is 4.51. The van der Waals surface area contributed by atoms with Crippen molar-refractivity contribution in [1.29, 1.82) is 0 Å². The van der Waals surface area contributed by atoms with E-state index in [1.54, 1.807) is 12.4 Å². The van der Waals surface area contributed by atoms with Gasteiger partial charge in [0.05, 0.1) is 11.2 Å². The normalized spacial score (nSPS) is 10.7. The largest absolute Gasteiger partial charge is 0.370 e. The first-order valence-electron chi connectivity index (χ1n) is 8.04. The summed E-state index contributed by atoms with van der Waals surface area (Å²) >= 11 is 0. The second kappa shape index (κ2) is 7.54. The molecule has 3 aromatic rings. The molecule has 0 amide bonds. The highest BCUT2D eigenvalue weighted by Gasteiger charge is 2.04. The SMILES string of the molecule is CCCCCNc1ccnc(Nc2cccc3cccnc23)n1. The van der Waals surface area contributed by atoms with Crippen molar-refractivity contribution in [3.63, 3.8) is 0 Å². The average molecular weight is 307 g/mol. The third-order valence-corrected chi connectivity index (χ3v) is 3.62. The van der Waals surface area contributed by atoms with Gasteiger partial charge in [0, 0.05) is 24.3 Å². The molecule has 118 valence electrons. The maximum Gasteiger partial charge on any atom is 0.229 e. The van der Waals surface area contributed by atoms with Crippen molar-refractivity contribution in [3.05, 3.63) is 48.8 Å². The molecule has 5 nitrogen and oxygen atoms in total. The maximum atomic E-state index is 4.51. The van der Waals surface area contributed by atoms with Gasteiger partial charge in [0.15, 0.2) is 0 Å². The molecule has 1 aromatic carbocycles. The van der Waals surface area contributed by atoms with Gasteiger partial charge in [0.2, 0.25) is 5.95 Å². The number of para-hydroxylation sites is 1. The van der Waals surface area contributed by atoms with Crippen molar-refractivity contribution in [2.45, 2.75) is 26.2 Å². The summed E-state index contributed by atoms with van der Waals surface area (Å²) in [4.78, 5) is 13.2. The highest BCUT2D eigenvalue weighted by atomic mass is 15.1. The number of rotatable bonds is 7. The van der Waals surface area contributed by atoms with Crippen LogP contribution in [-0.4, -0.2) is 21.5 Å². The Labute approximate surface area is 136 Å². The smallest absolute Gasteiger partial charge is 0.229 e. The van der Waals surface area contributed by atoms with E-state index in [1.807, 2.05) is 36.4 Å². The molecule has 0 saturated carbocycles. The van der Waals surface area contributed by atoms with Crippen LogP contribution in [0.4, 0.5) is 17.5 Å². The Bertz CT molecular complexity index is 767. The highest BCUT2D eigenvalue weighted by molar-refractivity contribution is 5.91. The summed E-state index contributed by atoms with van der Waals surface area (Å²) in [6.07, 6.45) is 7.14. The molecule has 3 rings (SSSR count). The van der Waals surface area contributed by atoms with Gasteiger partial charge in [-0.1, -0.05) is 38.0 Å². The second-order valence-corrected chi connectivity index (χ2v) is 5.41. The van der Waals surface area contributed by atoms with Crippen LogP contribution in [0.5, 0.6) is 0 Å². The van der Waals surface area contributed by atoms with Crippen LogP contribution in [0.2, 0.25) is 0 Å². The molecule has 2 N–H and O–H groups in total. The van der Waals surface area contributed by atoms with Crippen LogP contribution >= 0.6 is 0 Å². The summed E-state index contributed by atoms with van der Waals surface area (Å²) in [6, 6.07) is 11.9. The van der Waals surface area contributed by atoms with Gasteiger partial charge in [-0.05, 0) is 24.6 Å². The van der Waals surface area contributed by atoms with Gasteiger partial charge in [-0.15, -0.1) is 0 Å². The minimum absolute atomic E-state index is 0.573. The van der Waals surface area contributed by atoms with Gasteiger partial charge in [-0.3, -0.25) is 4.98 Å². The third-order valence-electron chi connectivity index (χ3n) is 3.62. The fraction of sp³-hybridized carbons (Fsp3) is 0.278. The third kappa shape index (κ3) is 3.94. The molecule has 23 heavy (non-hydrogen) atoms. The molecular weight excluding hydrogens is 286 g/mol. The van der Waals surface area contributed by atoms with Gasteiger partial charge < -0.3 is 10.6 Å². The predicted molar refractivity (Wildman–Crippen MR) is 95.1 cm³/mol. The van der Waals surface area contributed by atoms with E-state index in [0.29, 0.717) is 5.95 Å². The summed E-state index contributed by atoms with van der Waals surface area (Å²) in [7, 11) is 0.